The Morgan fingerprint density at radius 2 is 1.60 bits per heavy atom. The number of hydrogen-bond donors (Lipinski definition) is 1. The summed E-state index contributed by atoms with van der Waals surface area (Å²) in [6, 6.07) is 7.53. The standard InChI is InChI=1S/C12H20N2O4S2/c1-11-4-6-12(7-5-11)10-14(20(3,17)18)9-8-13-19(2,15)16/h4-7,13H,8-10H2,1-3H3. The van der Waals surface area contributed by atoms with Crippen LogP contribution < -0.4 is 4.72 Å². The maximum absolute atomic E-state index is 11.7. The van der Waals surface area contributed by atoms with Crippen LogP contribution in [0.25, 0.3) is 0 Å². The fourth-order valence-corrected chi connectivity index (χ4v) is 2.88. The SMILES string of the molecule is Cc1ccc(CN(CCNS(C)(=O)=O)S(C)(=O)=O)cc1. The first-order valence-electron chi connectivity index (χ1n) is 6.03. The molecule has 0 unspecified atom stereocenters. The number of sulfonamides is 2. The third kappa shape index (κ3) is 6.47. The fourth-order valence-electron chi connectivity index (χ4n) is 1.61. The molecule has 6 nitrogen and oxygen atoms in total. The van der Waals surface area contributed by atoms with E-state index < -0.39 is 20.0 Å². The predicted molar refractivity (Wildman–Crippen MR) is 79.3 cm³/mol. The lowest BCUT2D eigenvalue weighted by Crippen LogP contribution is -2.37. The molecule has 0 aromatic heterocycles. The number of benzene rings is 1. The van der Waals surface area contributed by atoms with Crippen LogP contribution in [0.4, 0.5) is 0 Å². The van der Waals surface area contributed by atoms with Gasteiger partial charge in [-0.2, -0.15) is 4.31 Å². The van der Waals surface area contributed by atoms with E-state index in [4.69, 9.17) is 0 Å². The molecule has 0 spiro atoms. The van der Waals surface area contributed by atoms with E-state index in [0.717, 1.165) is 23.6 Å². The van der Waals surface area contributed by atoms with Gasteiger partial charge in [0.2, 0.25) is 20.0 Å². The van der Waals surface area contributed by atoms with E-state index in [1.54, 1.807) is 0 Å². The van der Waals surface area contributed by atoms with Crippen molar-refractivity contribution in [3.63, 3.8) is 0 Å². The summed E-state index contributed by atoms with van der Waals surface area (Å²) < 4.78 is 48.9. The summed E-state index contributed by atoms with van der Waals surface area (Å²) in [7, 11) is -6.71. The molecule has 8 heteroatoms. The maximum atomic E-state index is 11.7. The normalized spacial score (nSPS) is 12.8. The molecule has 1 aromatic carbocycles. The third-order valence-corrected chi connectivity index (χ3v) is 4.65. The van der Waals surface area contributed by atoms with Crippen molar-refractivity contribution in [2.75, 3.05) is 25.6 Å². The molecular formula is C12H20N2O4S2. The second-order valence-corrected chi connectivity index (χ2v) is 8.56. The third-order valence-electron chi connectivity index (χ3n) is 2.67. The van der Waals surface area contributed by atoms with Crippen molar-refractivity contribution in [2.24, 2.45) is 0 Å². The molecule has 0 atom stereocenters. The number of rotatable bonds is 7. The molecule has 0 fully saturated rings. The van der Waals surface area contributed by atoms with Crippen molar-refractivity contribution in [3.05, 3.63) is 35.4 Å². The number of nitrogens with zero attached hydrogens (tertiary/aromatic N) is 1. The van der Waals surface area contributed by atoms with Gasteiger partial charge in [0.05, 0.1) is 12.5 Å². The summed E-state index contributed by atoms with van der Waals surface area (Å²) in [5, 5.41) is 0. The van der Waals surface area contributed by atoms with Crippen molar-refractivity contribution >= 4 is 20.0 Å². The van der Waals surface area contributed by atoms with Crippen molar-refractivity contribution in [3.8, 4) is 0 Å². The summed E-state index contributed by atoms with van der Waals surface area (Å²) in [4.78, 5) is 0. The molecule has 0 heterocycles. The smallest absolute Gasteiger partial charge is 0.211 e. The maximum Gasteiger partial charge on any atom is 0.211 e. The minimum absolute atomic E-state index is 0.0533. The van der Waals surface area contributed by atoms with Crippen LogP contribution in [-0.4, -0.2) is 46.7 Å². The van der Waals surface area contributed by atoms with Crippen LogP contribution in [0, 0.1) is 6.92 Å². The largest absolute Gasteiger partial charge is 0.214 e. The van der Waals surface area contributed by atoms with Gasteiger partial charge in [-0.15, -0.1) is 0 Å². The molecular weight excluding hydrogens is 300 g/mol. The Balaban J connectivity index is 2.73. The van der Waals surface area contributed by atoms with Gasteiger partial charge in [0.1, 0.15) is 0 Å². The molecule has 114 valence electrons. The van der Waals surface area contributed by atoms with Gasteiger partial charge in [0.25, 0.3) is 0 Å². The van der Waals surface area contributed by atoms with E-state index in [2.05, 4.69) is 4.72 Å². The van der Waals surface area contributed by atoms with Gasteiger partial charge in [-0.05, 0) is 12.5 Å². The topological polar surface area (TPSA) is 83.6 Å². The first kappa shape index (κ1) is 17.1. The lowest BCUT2D eigenvalue weighted by atomic mass is 10.1. The first-order valence-corrected chi connectivity index (χ1v) is 9.77. The van der Waals surface area contributed by atoms with Crippen LogP contribution in [0.15, 0.2) is 24.3 Å². The molecule has 0 bridgehead atoms. The molecule has 1 N–H and O–H groups in total. The lowest BCUT2D eigenvalue weighted by Gasteiger charge is -2.20. The Hall–Kier alpha value is -0.960. The van der Waals surface area contributed by atoms with E-state index in [1.807, 2.05) is 31.2 Å². The van der Waals surface area contributed by atoms with E-state index in [-0.39, 0.29) is 19.6 Å². The van der Waals surface area contributed by atoms with Crippen LogP contribution in [0.1, 0.15) is 11.1 Å². The van der Waals surface area contributed by atoms with Gasteiger partial charge < -0.3 is 0 Å². The molecule has 1 rings (SSSR count). The molecule has 0 aliphatic rings. The Morgan fingerprint density at radius 1 is 1.05 bits per heavy atom. The highest BCUT2D eigenvalue weighted by molar-refractivity contribution is 7.88. The first-order chi connectivity index (χ1) is 9.08. The van der Waals surface area contributed by atoms with Crippen LogP contribution in [0.2, 0.25) is 0 Å². The lowest BCUT2D eigenvalue weighted by molar-refractivity contribution is 0.412. The zero-order chi connectivity index (χ0) is 15.4. The molecule has 0 radical (unpaired) electrons. The van der Waals surface area contributed by atoms with Crippen molar-refractivity contribution in [1.29, 1.82) is 0 Å². The van der Waals surface area contributed by atoms with Gasteiger partial charge in [0.15, 0.2) is 0 Å². The molecule has 0 aliphatic carbocycles. The Morgan fingerprint density at radius 3 is 2.05 bits per heavy atom. The highest BCUT2D eigenvalue weighted by Crippen LogP contribution is 2.09. The summed E-state index contributed by atoms with van der Waals surface area (Å²) in [5.74, 6) is 0. The van der Waals surface area contributed by atoms with Gasteiger partial charge >= 0.3 is 0 Å². The summed E-state index contributed by atoms with van der Waals surface area (Å²) in [6.07, 6.45) is 2.15. The van der Waals surface area contributed by atoms with Crippen LogP contribution in [0.5, 0.6) is 0 Å². The highest BCUT2D eigenvalue weighted by Gasteiger charge is 2.17. The quantitative estimate of drug-likeness (QED) is 0.783. The molecule has 0 saturated heterocycles. The average molecular weight is 320 g/mol. The number of nitrogens with one attached hydrogen (secondary N) is 1. The van der Waals surface area contributed by atoms with Gasteiger partial charge in [-0.25, -0.2) is 21.6 Å². The van der Waals surface area contributed by atoms with E-state index in [0.29, 0.717) is 0 Å². The summed E-state index contributed by atoms with van der Waals surface area (Å²) in [5.41, 5.74) is 1.96. The predicted octanol–water partition coefficient (Wildman–Crippen LogP) is 0.306. The van der Waals surface area contributed by atoms with Crippen LogP contribution >= 0.6 is 0 Å². The van der Waals surface area contributed by atoms with E-state index in [9.17, 15) is 16.8 Å². The van der Waals surface area contributed by atoms with Crippen molar-refractivity contribution in [1.82, 2.24) is 9.03 Å². The second kappa shape index (κ2) is 6.66. The molecule has 1 aromatic rings. The number of aryl methyl sites for hydroxylation is 1. The second-order valence-electron chi connectivity index (χ2n) is 4.75. The molecule has 20 heavy (non-hydrogen) atoms. The summed E-state index contributed by atoms with van der Waals surface area (Å²) >= 11 is 0. The summed E-state index contributed by atoms with van der Waals surface area (Å²) in [6.45, 7) is 2.33. The van der Waals surface area contributed by atoms with E-state index >= 15 is 0 Å². The van der Waals surface area contributed by atoms with E-state index in [1.165, 1.54) is 4.31 Å². The van der Waals surface area contributed by atoms with Gasteiger partial charge in [-0.1, -0.05) is 29.8 Å². The average Bonchev–Trinajstić information content (AvgIpc) is 2.27. The Bertz CT molecular complexity index is 637. The molecule has 0 aliphatic heterocycles. The fraction of sp³-hybridized carbons (Fsp3) is 0.500. The molecule has 0 amide bonds. The zero-order valence-electron chi connectivity index (χ0n) is 11.8. The molecule has 0 saturated carbocycles. The van der Waals surface area contributed by atoms with Crippen molar-refractivity contribution in [2.45, 2.75) is 13.5 Å². The zero-order valence-corrected chi connectivity index (χ0v) is 13.5. The van der Waals surface area contributed by atoms with Gasteiger partial charge in [-0.3, -0.25) is 0 Å². The van der Waals surface area contributed by atoms with Crippen LogP contribution in [0.3, 0.4) is 0 Å². The Labute approximate surface area is 120 Å². The number of hydrogen-bond acceptors (Lipinski definition) is 4. The van der Waals surface area contributed by atoms with Gasteiger partial charge in [0, 0.05) is 19.6 Å². The van der Waals surface area contributed by atoms with Crippen molar-refractivity contribution < 1.29 is 16.8 Å². The highest BCUT2D eigenvalue weighted by atomic mass is 32.2. The minimum Gasteiger partial charge on any atom is -0.214 e. The minimum atomic E-state index is -3.39. The monoisotopic (exact) mass is 320 g/mol. The van der Waals surface area contributed by atoms with Crippen LogP contribution in [-0.2, 0) is 26.6 Å². The Kier molecular flexibility index (Phi) is 5.69.